The molecule has 2 aromatic carbocycles. The minimum atomic E-state index is -1.47. The summed E-state index contributed by atoms with van der Waals surface area (Å²) in [5.74, 6) is -3.92. The summed E-state index contributed by atoms with van der Waals surface area (Å²) in [7, 11) is 0. The zero-order chi connectivity index (χ0) is 13.1. The second kappa shape index (κ2) is 5.00. The first kappa shape index (κ1) is 12.3. The van der Waals surface area contributed by atoms with Gasteiger partial charge in [-0.3, -0.25) is 0 Å². The average Bonchev–Trinajstić information content (AvgIpc) is 2.35. The fraction of sp³-hybridized carbons (Fsp3) is 0.0769. The van der Waals surface area contributed by atoms with Crippen molar-refractivity contribution < 1.29 is 13.2 Å². The smallest absolute Gasteiger partial charge is 0.194 e. The molecule has 94 valence electrons. The number of para-hydroxylation sites is 1. The van der Waals surface area contributed by atoms with Gasteiger partial charge in [-0.25, -0.2) is 13.2 Å². The maximum absolute atomic E-state index is 13.0. The van der Waals surface area contributed by atoms with Crippen LogP contribution >= 0.6 is 0 Å². The highest BCUT2D eigenvalue weighted by atomic mass is 19.2. The van der Waals surface area contributed by atoms with E-state index in [1.165, 1.54) is 0 Å². The molecule has 2 nitrogen and oxygen atoms in total. The van der Waals surface area contributed by atoms with E-state index in [1.54, 1.807) is 24.3 Å². The van der Waals surface area contributed by atoms with E-state index in [9.17, 15) is 13.2 Å². The number of hydrogen-bond donors (Lipinski definition) is 2. The first-order chi connectivity index (χ1) is 8.58. The third-order valence-corrected chi connectivity index (χ3v) is 2.52. The molecule has 0 aliphatic carbocycles. The standard InChI is InChI=1S/C13H11F3N2/c14-10-5-9(6-11(15)13(10)16)18-7-8-3-1-2-4-12(8)17/h1-6,18H,7,17H2. The summed E-state index contributed by atoms with van der Waals surface area (Å²) in [6.45, 7) is 0.303. The second-order valence-electron chi connectivity index (χ2n) is 3.81. The Bertz CT molecular complexity index is 547. The molecule has 0 saturated heterocycles. The summed E-state index contributed by atoms with van der Waals surface area (Å²) in [6.07, 6.45) is 0. The molecule has 0 unspecified atom stereocenters. The molecular weight excluding hydrogens is 241 g/mol. The molecular formula is C13H11F3N2. The Balaban J connectivity index is 2.14. The van der Waals surface area contributed by atoms with Gasteiger partial charge in [-0.05, 0) is 11.6 Å². The number of nitrogen functional groups attached to an aromatic ring is 1. The van der Waals surface area contributed by atoms with Crippen LogP contribution in [0.15, 0.2) is 36.4 Å². The van der Waals surface area contributed by atoms with E-state index in [-0.39, 0.29) is 5.69 Å². The van der Waals surface area contributed by atoms with Crippen molar-refractivity contribution in [2.45, 2.75) is 6.54 Å². The molecule has 0 atom stereocenters. The Labute approximate surface area is 102 Å². The van der Waals surface area contributed by atoms with Crippen molar-refractivity contribution in [3.05, 3.63) is 59.4 Å². The monoisotopic (exact) mass is 252 g/mol. The predicted molar refractivity (Wildman–Crippen MR) is 64.5 cm³/mol. The first-order valence-corrected chi connectivity index (χ1v) is 5.29. The average molecular weight is 252 g/mol. The van der Waals surface area contributed by atoms with E-state index >= 15 is 0 Å². The zero-order valence-electron chi connectivity index (χ0n) is 9.38. The lowest BCUT2D eigenvalue weighted by molar-refractivity contribution is 0.447. The van der Waals surface area contributed by atoms with Crippen molar-refractivity contribution in [2.24, 2.45) is 0 Å². The number of anilines is 2. The molecule has 0 saturated carbocycles. The van der Waals surface area contributed by atoms with E-state index in [1.807, 2.05) is 0 Å². The van der Waals surface area contributed by atoms with E-state index in [4.69, 9.17) is 5.73 Å². The number of nitrogens with two attached hydrogens (primary N) is 1. The molecule has 0 aliphatic heterocycles. The highest BCUT2D eigenvalue weighted by Gasteiger charge is 2.10. The van der Waals surface area contributed by atoms with Gasteiger partial charge in [-0.2, -0.15) is 0 Å². The van der Waals surface area contributed by atoms with Gasteiger partial charge in [0.05, 0.1) is 0 Å². The first-order valence-electron chi connectivity index (χ1n) is 5.29. The lowest BCUT2D eigenvalue weighted by Gasteiger charge is -2.09. The number of rotatable bonds is 3. The normalized spacial score (nSPS) is 10.4. The van der Waals surface area contributed by atoms with Gasteiger partial charge in [-0.1, -0.05) is 18.2 Å². The van der Waals surface area contributed by atoms with Crippen LogP contribution in [0.3, 0.4) is 0 Å². The Kier molecular flexibility index (Phi) is 3.41. The zero-order valence-corrected chi connectivity index (χ0v) is 9.38. The second-order valence-corrected chi connectivity index (χ2v) is 3.81. The highest BCUT2D eigenvalue weighted by Crippen LogP contribution is 2.19. The maximum Gasteiger partial charge on any atom is 0.194 e. The van der Waals surface area contributed by atoms with Gasteiger partial charge >= 0.3 is 0 Å². The van der Waals surface area contributed by atoms with Crippen LogP contribution in [-0.4, -0.2) is 0 Å². The van der Waals surface area contributed by atoms with Crippen molar-refractivity contribution in [1.29, 1.82) is 0 Å². The Hall–Kier alpha value is -2.17. The lowest BCUT2D eigenvalue weighted by atomic mass is 10.2. The molecule has 0 aliphatic rings. The third-order valence-electron chi connectivity index (χ3n) is 2.52. The van der Waals surface area contributed by atoms with E-state index in [0.717, 1.165) is 17.7 Å². The molecule has 0 amide bonds. The quantitative estimate of drug-likeness (QED) is 0.649. The SMILES string of the molecule is Nc1ccccc1CNc1cc(F)c(F)c(F)c1. The topological polar surface area (TPSA) is 38.0 Å². The number of hydrogen-bond acceptors (Lipinski definition) is 2. The van der Waals surface area contributed by atoms with Crippen LogP contribution in [0.25, 0.3) is 0 Å². The predicted octanol–water partition coefficient (Wildman–Crippen LogP) is 3.30. The fourth-order valence-electron chi connectivity index (χ4n) is 1.55. The van der Waals surface area contributed by atoms with E-state index in [2.05, 4.69) is 5.32 Å². The van der Waals surface area contributed by atoms with Crippen LogP contribution in [0.4, 0.5) is 24.5 Å². The number of nitrogens with one attached hydrogen (secondary N) is 1. The highest BCUT2D eigenvalue weighted by molar-refractivity contribution is 5.50. The van der Waals surface area contributed by atoms with Crippen molar-refractivity contribution in [2.75, 3.05) is 11.1 Å². The van der Waals surface area contributed by atoms with Gasteiger partial charge in [0.15, 0.2) is 17.5 Å². The summed E-state index contributed by atoms with van der Waals surface area (Å²) in [5, 5.41) is 2.78. The molecule has 2 rings (SSSR count). The van der Waals surface area contributed by atoms with Crippen molar-refractivity contribution in [3.63, 3.8) is 0 Å². The maximum atomic E-state index is 13.0. The largest absolute Gasteiger partial charge is 0.398 e. The molecule has 5 heteroatoms. The minimum Gasteiger partial charge on any atom is -0.398 e. The molecule has 0 heterocycles. The summed E-state index contributed by atoms with van der Waals surface area (Å²) in [5.41, 5.74) is 7.25. The molecule has 0 spiro atoms. The molecule has 0 fully saturated rings. The van der Waals surface area contributed by atoms with Gasteiger partial charge in [0.25, 0.3) is 0 Å². The number of halogens is 3. The molecule has 2 aromatic rings. The van der Waals surface area contributed by atoms with Crippen LogP contribution in [0, 0.1) is 17.5 Å². The van der Waals surface area contributed by atoms with Crippen molar-refractivity contribution >= 4 is 11.4 Å². The van der Waals surface area contributed by atoms with E-state index in [0.29, 0.717) is 12.2 Å². The van der Waals surface area contributed by atoms with Gasteiger partial charge in [0.1, 0.15) is 0 Å². The fourth-order valence-corrected chi connectivity index (χ4v) is 1.55. The third kappa shape index (κ3) is 2.56. The van der Waals surface area contributed by atoms with Crippen molar-refractivity contribution in [1.82, 2.24) is 0 Å². The molecule has 18 heavy (non-hydrogen) atoms. The molecule has 3 N–H and O–H groups in total. The molecule has 0 radical (unpaired) electrons. The molecule has 0 aromatic heterocycles. The van der Waals surface area contributed by atoms with Crippen LogP contribution in [0.5, 0.6) is 0 Å². The molecule has 0 bridgehead atoms. The van der Waals surface area contributed by atoms with Crippen LogP contribution in [-0.2, 0) is 6.54 Å². The minimum absolute atomic E-state index is 0.162. The van der Waals surface area contributed by atoms with E-state index < -0.39 is 17.5 Å². The summed E-state index contributed by atoms with van der Waals surface area (Å²) < 4.78 is 38.7. The van der Waals surface area contributed by atoms with Gasteiger partial charge in [0.2, 0.25) is 0 Å². The lowest BCUT2D eigenvalue weighted by Crippen LogP contribution is -2.04. The Morgan fingerprint density at radius 2 is 1.61 bits per heavy atom. The summed E-state index contributed by atoms with van der Waals surface area (Å²) >= 11 is 0. The Morgan fingerprint density at radius 1 is 1.00 bits per heavy atom. The Morgan fingerprint density at radius 3 is 2.22 bits per heavy atom. The van der Waals surface area contributed by atoms with Crippen LogP contribution < -0.4 is 11.1 Å². The van der Waals surface area contributed by atoms with Crippen LogP contribution in [0.1, 0.15) is 5.56 Å². The van der Waals surface area contributed by atoms with Gasteiger partial charge in [-0.15, -0.1) is 0 Å². The van der Waals surface area contributed by atoms with Gasteiger partial charge in [0, 0.05) is 30.1 Å². The van der Waals surface area contributed by atoms with Crippen LogP contribution in [0.2, 0.25) is 0 Å². The van der Waals surface area contributed by atoms with Crippen molar-refractivity contribution in [3.8, 4) is 0 Å². The van der Waals surface area contributed by atoms with Gasteiger partial charge < -0.3 is 11.1 Å². The summed E-state index contributed by atoms with van der Waals surface area (Å²) in [6, 6.07) is 8.91. The summed E-state index contributed by atoms with van der Waals surface area (Å²) in [4.78, 5) is 0. The number of benzene rings is 2.